The van der Waals surface area contributed by atoms with Gasteiger partial charge in [0.1, 0.15) is 11.5 Å². The van der Waals surface area contributed by atoms with Crippen molar-refractivity contribution in [3.8, 4) is 11.3 Å². The molecule has 0 aliphatic heterocycles. The minimum absolute atomic E-state index is 0.0989. The second-order valence-electron chi connectivity index (χ2n) is 6.63. The minimum atomic E-state index is -0.173. The highest BCUT2D eigenvalue weighted by Crippen LogP contribution is 2.22. The summed E-state index contributed by atoms with van der Waals surface area (Å²) in [5.74, 6) is 0.668. The number of amides is 1. The number of aryl methyl sites for hydroxylation is 1. The Morgan fingerprint density at radius 1 is 1.15 bits per heavy atom. The van der Waals surface area contributed by atoms with Crippen LogP contribution in [0.5, 0.6) is 0 Å². The second-order valence-corrected chi connectivity index (χ2v) is 6.63. The number of benzene rings is 2. The lowest BCUT2D eigenvalue weighted by molar-refractivity contribution is 0.0926. The summed E-state index contributed by atoms with van der Waals surface area (Å²) in [6, 6.07) is 19.8. The molecule has 0 aliphatic carbocycles. The molecule has 5 heteroatoms. The standard InChI is InChI=1S/C22H22N4O/c1-3-17(21-23-14-18(24-21)15-9-5-4-6-10-15)25-22(27)20-13-16-11-7-8-12-19(16)26(20)2/h4-14,17H,3H2,1-2H3,(H,23,24)(H,25,27). The highest BCUT2D eigenvalue weighted by molar-refractivity contribution is 5.98. The van der Waals surface area contributed by atoms with Gasteiger partial charge in [-0.2, -0.15) is 0 Å². The van der Waals surface area contributed by atoms with Crippen molar-refractivity contribution in [2.45, 2.75) is 19.4 Å². The number of aromatic amines is 1. The zero-order chi connectivity index (χ0) is 18.8. The van der Waals surface area contributed by atoms with Gasteiger partial charge in [-0.25, -0.2) is 4.98 Å². The first-order valence-electron chi connectivity index (χ1n) is 9.13. The Bertz CT molecular complexity index is 1080. The minimum Gasteiger partial charge on any atom is -0.341 e. The maximum absolute atomic E-state index is 12.9. The summed E-state index contributed by atoms with van der Waals surface area (Å²) in [6.07, 6.45) is 2.56. The fourth-order valence-corrected chi connectivity index (χ4v) is 3.38. The van der Waals surface area contributed by atoms with Crippen molar-refractivity contribution in [1.82, 2.24) is 19.9 Å². The van der Waals surface area contributed by atoms with E-state index in [1.165, 1.54) is 0 Å². The van der Waals surface area contributed by atoms with Gasteiger partial charge in [0.15, 0.2) is 0 Å². The summed E-state index contributed by atoms with van der Waals surface area (Å²) in [6.45, 7) is 2.04. The molecule has 0 spiro atoms. The lowest BCUT2D eigenvalue weighted by Gasteiger charge is -2.15. The third-order valence-electron chi connectivity index (χ3n) is 4.91. The number of nitrogens with one attached hydrogen (secondary N) is 2. The lowest BCUT2D eigenvalue weighted by Crippen LogP contribution is -2.30. The second kappa shape index (κ2) is 7.11. The van der Waals surface area contributed by atoms with Crippen LogP contribution in [-0.2, 0) is 7.05 Å². The van der Waals surface area contributed by atoms with Crippen molar-refractivity contribution in [3.05, 3.63) is 78.4 Å². The molecule has 0 aliphatic rings. The van der Waals surface area contributed by atoms with Gasteiger partial charge in [-0.3, -0.25) is 4.79 Å². The molecule has 2 aromatic heterocycles. The van der Waals surface area contributed by atoms with Crippen LogP contribution in [0.4, 0.5) is 0 Å². The van der Waals surface area contributed by atoms with Crippen molar-refractivity contribution in [2.75, 3.05) is 0 Å². The van der Waals surface area contributed by atoms with Crippen LogP contribution in [0, 0.1) is 0 Å². The van der Waals surface area contributed by atoms with Crippen LogP contribution >= 0.6 is 0 Å². The molecule has 0 bridgehead atoms. The van der Waals surface area contributed by atoms with E-state index in [1.54, 1.807) is 0 Å². The lowest BCUT2D eigenvalue weighted by atomic mass is 10.2. The number of para-hydroxylation sites is 1. The molecule has 0 saturated carbocycles. The third kappa shape index (κ3) is 3.24. The topological polar surface area (TPSA) is 62.7 Å². The van der Waals surface area contributed by atoms with Crippen LogP contribution < -0.4 is 5.32 Å². The van der Waals surface area contributed by atoms with E-state index in [1.807, 2.05) is 85.4 Å². The first kappa shape index (κ1) is 17.1. The highest BCUT2D eigenvalue weighted by Gasteiger charge is 2.20. The van der Waals surface area contributed by atoms with Gasteiger partial charge in [-0.1, -0.05) is 55.5 Å². The Balaban J connectivity index is 1.57. The number of carbonyl (C=O) groups excluding carboxylic acids is 1. The van der Waals surface area contributed by atoms with E-state index < -0.39 is 0 Å². The molecule has 1 atom stereocenters. The number of fused-ring (bicyclic) bond motifs is 1. The number of aromatic nitrogens is 3. The van der Waals surface area contributed by atoms with Crippen molar-refractivity contribution < 1.29 is 4.79 Å². The fraction of sp³-hybridized carbons (Fsp3) is 0.182. The van der Waals surface area contributed by atoms with Gasteiger partial charge < -0.3 is 14.9 Å². The molecule has 0 saturated heterocycles. The average Bonchev–Trinajstić information content (AvgIpc) is 3.32. The van der Waals surface area contributed by atoms with Crippen LogP contribution in [0.15, 0.2) is 66.9 Å². The zero-order valence-corrected chi connectivity index (χ0v) is 15.4. The first-order chi connectivity index (χ1) is 13.2. The molecule has 1 unspecified atom stereocenters. The quantitative estimate of drug-likeness (QED) is 0.554. The summed E-state index contributed by atoms with van der Waals surface area (Å²) in [5.41, 5.74) is 3.71. The molecule has 136 valence electrons. The average molecular weight is 358 g/mol. The maximum Gasteiger partial charge on any atom is 0.268 e. The van der Waals surface area contributed by atoms with E-state index in [0.29, 0.717) is 5.69 Å². The van der Waals surface area contributed by atoms with Gasteiger partial charge in [0, 0.05) is 18.0 Å². The predicted molar refractivity (Wildman–Crippen MR) is 107 cm³/mol. The van der Waals surface area contributed by atoms with E-state index in [-0.39, 0.29) is 11.9 Å². The molecule has 4 rings (SSSR count). The highest BCUT2D eigenvalue weighted by atomic mass is 16.2. The molecule has 5 nitrogen and oxygen atoms in total. The molecule has 2 heterocycles. The monoisotopic (exact) mass is 358 g/mol. The van der Waals surface area contributed by atoms with Crippen LogP contribution in [0.2, 0.25) is 0 Å². The number of hydrogen-bond donors (Lipinski definition) is 2. The number of imidazole rings is 1. The smallest absolute Gasteiger partial charge is 0.268 e. The van der Waals surface area contributed by atoms with Gasteiger partial charge >= 0.3 is 0 Å². The number of carbonyl (C=O) groups is 1. The Morgan fingerprint density at radius 3 is 2.63 bits per heavy atom. The van der Waals surface area contributed by atoms with E-state index in [9.17, 15) is 4.79 Å². The van der Waals surface area contributed by atoms with E-state index in [0.717, 1.165) is 34.4 Å². The summed E-state index contributed by atoms with van der Waals surface area (Å²) in [5, 5.41) is 4.17. The normalized spacial score (nSPS) is 12.2. The van der Waals surface area contributed by atoms with Gasteiger partial charge in [0.2, 0.25) is 0 Å². The number of H-pyrrole nitrogens is 1. The number of hydrogen-bond acceptors (Lipinski definition) is 2. The molecule has 2 aromatic carbocycles. The largest absolute Gasteiger partial charge is 0.341 e. The predicted octanol–water partition coefficient (Wildman–Crippen LogP) is 4.45. The molecule has 4 aromatic rings. The van der Waals surface area contributed by atoms with Crippen molar-refractivity contribution in [1.29, 1.82) is 0 Å². The van der Waals surface area contributed by atoms with Crippen LogP contribution in [-0.4, -0.2) is 20.4 Å². The van der Waals surface area contributed by atoms with Gasteiger partial charge in [0.05, 0.1) is 17.9 Å². The Hall–Kier alpha value is -3.34. The number of nitrogens with zero attached hydrogens (tertiary/aromatic N) is 2. The van der Waals surface area contributed by atoms with Crippen molar-refractivity contribution in [2.24, 2.45) is 7.05 Å². The maximum atomic E-state index is 12.9. The van der Waals surface area contributed by atoms with E-state index in [2.05, 4.69) is 15.3 Å². The first-order valence-corrected chi connectivity index (χ1v) is 9.13. The Kier molecular flexibility index (Phi) is 4.50. The Labute approximate surface area is 158 Å². The SMILES string of the molecule is CCC(NC(=O)c1cc2ccccc2n1C)c1ncc(-c2ccccc2)[nH]1. The molecule has 0 fully saturated rings. The van der Waals surface area contributed by atoms with Crippen LogP contribution in [0.1, 0.15) is 35.7 Å². The van der Waals surface area contributed by atoms with Gasteiger partial charge in [0.25, 0.3) is 5.91 Å². The molecule has 2 N–H and O–H groups in total. The van der Waals surface area contributed by atoms with Crippen molar-refractivity contribution in [3.63, 3.8) is 0 Å². The van der Waals surface area contributed by atoms with E-state index in [4.69, 9.17) is 0 Å². The summed E-state index contributed by atoms with van der Waals surface area (Å²) in [4.78, 5) is 20.7. The van der Waals surface area contributed by atoms with Crippen LogP contribution in [0.25, 0.3) is 22.2 Å². The zero-order valence-electron chi connectivity index (χ0n) is 15.4. The summed E-state index contributed by atoms with van der Waals surface area (Å²) < 4.78 is 1.93. The van der Waals surface area contributed by atoms with Crippen molar-refractivity contribution >= 4 is 16.8 Å². The summed E-state index contributed by atoms with van der Waals surface area (Å²) >= 11 is 0. The molecular weight excluding hydrogens is 336 g/mol. The molecule has 1 amide bonds. The van der Waals surface area contributed by atoms with E-state index >= 15 is 0 Å². The van der Waals surface area contributed by atoms with Crippen LogP contribution in [0.3, 0.4) is 0 Å². The molecular formula is C22H22N4O. The fourth-order valence-electron chi connectivity index (χ4n) is 3.38. The third-order valence-corrected chi connectivity index (χ3v) is 4.91. The van der Waals surface area contributed by atoms with Gasteiger partial charge in [-0.15, -0.1) is 0 Å². The van der Waals surface area contributed by atoms with Gasteiger partial charge in [-0.05, 0) is 24.1 Å². The molecule has 0 radical (unpaired) electrons. The summed E-state index contributed by atoms with van der Waals surface area (Å²) in [7, 11) is 1.92. The Morgan fingerprint density at radius 2 is 1.89 bits per heavy atom. The molecule has 27 heavy (non-hydrogen) atoms. The number of rotatable bonds is 5.